The fourth-order valence-electron chi connectivity index (χ4n) is 2.15. The highest BCUT2D eigenvalue weighted by molar-refractivity contribution is 8.06. The highest BCUT2D eigenvalue weighted by Gasteiger charge is 2.14. The number of amidine groups is 1. The molecule has 1 aromatic carbocycles. The number of nitrogens with zero attached hydrogens (tertiary/aromatic N) is 1. The summed E-state index contributed by atoms with van der Waals surface area (Å²) in [5.74, 6) is 4.40. The number of methoxy groups -OCH3 is 1. The zero-order valence-electron chi connectivity index (χ0n) is 12.0. The molecule has 4 N–H and O–H groups in total. The van der Waals surface area contributed by atoms with Crippen LogP contribution in [0.2, 0.25) is 0 Å². The van der Waals surface area contributed by atoms with Crippen molar-refractivity contribution in [3.63, 3.8) is 0 Å². The van der Waals surface area contributed by atoms with Gasteiger partial charge in [0.2, 0.25) is 0 Å². The van der Waals surface area contributed by atoms with Crippen LogP contribution in [0.15, 0.2) is 23.4 Å². The molecule has 1 heterocycles. The van der Waals surface area contributed by atoms with Crippen LogP contribution in [0.25, 0.3) is 0 Å². The zero-order valence-corrected chi connectivity index (χ0v) is 13.7. The first-order chi connectivity index (χ1) is 10.2. The lowest BCUT2D eigenvalue weighted by Gasteiger charge is -2.21. The van der Waals surface area contributed by atoms with Gasteiger partial charge < -0.3 is 21.0 Å². The standard InChI is InChI=1S/C14H21N3O2S2/c1-19-13-3-2-10(6-12(13)14(15)17-18)7-16-8-11-9-20-4-5-21-11/h2-3,6,11,16,18H,4-5,7-9H2,1H3,(H2,15,17). The molecule has 0 bridgehead atoms. The molecule has 1 fully saturated rings. The van der Waals surface area contributed by atoms with E-state index in [2.05, 4.69) is 10.5 Å². The summed E-state index contributed by atoms with van der Waals surface area (Å²) in [6, 6.07) is 5.72. The molecule has 1 aliphatic heterocycles. The average Bonchev–Trinajstić information content (AvgIpc) is 2.55. The number of ether oxygens (including phenoxy) is 1. The molecule has 21 heavy (non-hydrogen) atoms. The number of nitrogens with two attached hydrogens (primary N) is 1. The van der Waals surface area contributed by atoms with Gasteiger partial charge in [0.1, 0.15) is 5.75 Å². The topological polar surface area (TPSA) is 79.9 Å². The third-order valence-corrected chi connectivity index (χ3v) is 6.08. The molecule has 1 atom stereocenters. The number of hydrogen-bond donors (Lipinski definition) is 3. The number of rotatable bonds is 6. The number of nitrogens with one attached hydrogen (secondary N) is 1. The van der Waals surface area contributed by atoms with Gasteiger partial charge in [-0.1, -0.05) is 11.2 Å². The van der Waals surface area contributed by atoms with Crippen molar-refractivity contribution in [1.29, 1.82) is 0 Å². The lowest BCUT2D eigenvalue weighted by Crippen LogP contribution is -2.28. The van der Waals surface area contributed by atoms with E-state index in [9.17, 15) is 0 Å². The van der Waals surface area contributed by atoms with Crippen molar-refractivity contribution in [1.82, 2.24) is 5.32 Å². The maximum atomic E-state index is 8.83. The number of thioether (sulfide) groups is 2. The van der Waals surface area contributed by atoms with E-state index in [1.807, 2.05) is 41.7 Å². The molecule has 0 saturated carbocycles. The van der Waals surface area contributed by atoms with Crippen LogP contribution in [0, 0.1) is 0 Å². The Morgan fingerprint density at radius 1 is 1.52 bits per heavy atom. The van der Waals surface area contributed by atoms with Crippen LogP contribution < -0.4 is 15.8 Å². The minimum atomic E-state index is 0.0629. The summed E-state index contributed by atoms with van der Waals surface area (Å²) < 4.78 is 5.22. The van der Waals surface area contributed by atoms with E-state index in [0.29, 0.717) is 16.6 Å². The highest BCUT2D eigenvalue weighted by atomic mass is 32.2. The first-order valence-corrected chi connectivity index (χ1v) is 9.00. The molecular weight excluding hydrogens is 306 g/mol. The quantitative estimate of drug-likeness (QED) is 0.320. The van der Waals surface area contributed by atoms with Crippen LogP contribution >= 0.6 is 23.5 Å². The Kier molecular flexibility index (Phi) is 6.53. The van der Waals surface area contributed by atoms with Gasteiger partial charge in [-0.05, 0) is 17.7 Å². The third kappa shape index (κ3) is 4.72. The van der Waals surface area contributed by atoms with E-state index < -0.39 is 0 Å². The molecule has 1 aromatic rings. The van der Waals surface area contributed by atoms with Crippen LogP contribution in [0.5, 0.6) is 5.75 Å². The van der Waals surface area contributed by atoms with Gasteiger partial charge in [-0.2, -0.15) is 23.5 Å². The minimum absolute atomic E-state index is 0.0629. The van der Waals surface area contributed by atoms with E-state index in [1.54, 1.807) is 7.11 Å². The first kappa shape index (κ1) is 16.3. The van der Waals surface area contributed by atoms with Crippen LogP contribution in [-0.2, 0) is 6.54 Å². The fourth-order valence-corrected chi connectivity index (χ4v) is 4.80. The van der Waals surface area contributed by atoms with Crippen LogP contribution in [0.4, 0.5) is 0 Å². The Morgan fingerprint density at radius 3 is 3.05 bits per heavy atom. The van der Waals surface area contributed by atoms with Gasteiger partial charge in [-0.25, -0.2) is 0 Å². The van der Waals surface area contributed by atoms with Crippen molar-refractivity contribution in [3.8, 4) is 5.75 Å². The van der Waals surface area contributed by atoms with Crippen molar-refractivity contribution in [2.75, 3.05) is 30.9 Å². The maximum Gasteiger partial charge on any atom is 0.173 e. The number of benzene rings is 1. The lowest BCUT2D eigenvalue weighted by atomic mass is 10.1. The maximum absolute atomic E-state index is 8.83. The summed E-state index contributed by atoms with van der Waals surface area (Å²) in [7, 11) is 1.57. The summed E-state index contributed by atoms with van der Waals surface area (Å²) in [4.78, 5) is 0. The Labute approximate surface area is 133 Å². The summed E-state index contributed by atoms with van der Waals surface area (Å²) in [5.41, 5.74) is 7.38. The average molecular weight is 327 g/mol. The van der Waals surface area contributed by atoms with Gasteiger partial charge in [-0.3, -0.25) is 0 Å². The number of oxime groups is 1. The van der Waals surface area contributed by atoms with E-state index in [4.69, 9.17) is 15.7 Å². The van der Waals surface area contributed by atoms with Gasteiger partial charge in [0.05, 0.1) is 12.7 Å². The normalized spacial score (nSPS) is 19.5. The zero-order chi connectivity index (χ0) is 15.1. The highest BCUT2D eigenvalue weighted by Crippen LogP contribution is 2.23. The molecule has 0 radical (unpaired) electrons. The van der Waals surface area contributed by atoms with E-state index in [1.165, 1.54) is 17.3 Å². The van der Waals surface area contributed by atoms with Crippen molar-refractivity contribution >= 4 is 29.4 Å². The molecule has 1 unspecified atom stereocenters. The Morgan fingerprint density at radius 2 is 2.38 bits per heavy atom. The van der Waals surface area contributed by atoms with Crippen LogP contribution in [0.3, 0.4) is 0 Å². The van der Waals surface area contributed by atoms with Gasteiger partial charge in [0.15, 0.2) is 5.84 Å². The van der Waals surface area contributed by atoms with E-state index in [-0.39, 0.29) is 5.84 Å². The second kappa shape index (κ2) is 8.41. The van der Waals surface area contributed by atoms with Crippen LogP contribution in [0.1, 0.15) is 11.1 Å². The SMILES string of the molecule is COc1ccc(CNCC2CSCCS2)cc1/C(N)=N/O. The molecule has 1 aliphatic rings. The largest absolute Gasteiger partial charge is 0.496 e. The predicted octanol–water partition coefficient (Wildman–Crippen LogP) is 1.73. The second-order valence-corrected chi connectivity index (χ2v) is 7.28. The van der Waals surface area contributed by atoms with Crippen molar-refractivity contribution in [2.45, 2.75) is 11.8 Å². The molecule has 2 rings (SSSR count). The monoisotopic (exact) mass is 327 g/mol. The minimum Gasteiger partial charge on any atom is -0.496 e. The fraction of sp³-hybridized carbons (Fsp3) is 0.500. The first-order valence-electron chi connectivity index (χ1n) is 6.79. The van der Waals surface area contributed by atoms with Gasteiger partial charge >= 0.3 is 0 Å². The van der Waals surface area contributed by atoms with Gasteiger partial charge in [-0.15, -0.1) is 0 Å². The number of hydrogen-bond acceptors (Lipinski definition) is 6. The van der Waals surface area contributed by atoms with Gasteiger partial charge in [0, 0.05) is 35.6 Å². The smallest absolute Gasteiger partial charge is 0.173 e. The van der Waals surface area contributed by atoms with Gasteiger partial charge in [0.25, 0.3) is 0 Å². The third-order valence-electron chi connectivity index (χ3n) is 3.23. The Hall–Kier alpha value is -1.05. The predicted molar refractivity (Wildman–Crippen MR) is 90.8 cm³/mol. The molecule has 1 saturated heterocycles. The van der Waals surface area contributed by atoms with Crippen molar-refractivity contribution in [3.05, 3.63) is 29.3 Å². The Bertz CT molecular complexity index is 491. The van der Waals surface area contributed by atoms with Crippen LogP contribution in [-0.4, -0.2) is 47.2 Å². The summed E-state index contributed by atoms with van der Waals surface area (Å²) in [6.45, 7) is 1.76. The van der Waals surface area contributed by atoms with E-state index in [0.717, 1.165) is 18.7 Å². The Balaban J connectivity index is 1.93. The summed E-state index contributed by atoms with van der Waals surface area (Å²) >= 11 is 4.07. The van der Waals surface area contributed by atoms with E-state index >= 15 is 0 Å². The summed E-state index contributed by atoms with van der Waals surface area (Å²) in [6.07, 6.45) is 0. The molecular formula is C14H21N3O2S2. The molecule has 0 aliphatic carbocycles. The summed E-state index contributed by atoms with van der Waals surface area (Å²) in [5, 5.41) is 16.0. The molecule has 0 aromatic heterocycles. The molecule has 7 heteroatoms. The molecule has 0 spiro atoms. The lowest BCUT2D eigenvalue weighted by molar-refractivity contribution is 0.318. The van der Waals surface area contributed by atoms with Crippen molar-refractivity contribution in [2.24, 2.45) is 10.9 Å². The van der Waals surface area contributed by atoms with Crippen molar-refractivity contribution < 1.29 is 9.94 Å². The molecule has 116 valence electrons. The molecule has 5 nitrogen and oxygen atoms in total. The molecule has 0 amide bonds. The second-order valence-electron chi connectivity index (χ2n) is 4.72.